The number of carbonyl (C=O) groups excluding carboxylic acids is 1. The Kier molecular flexibility index (Phi) is 4.58. The first kappa shape index (κ1) is 16.8. The Hall–Kier alpha value is -3.06. The van der Waals surface area contributed by atoms with E-state index in [1.807, 2.05) is 36.4 Å². The molecule has 0 fully saturated rings. The lowest BCUT2D eigenvalue weighted by Crippen LogP contribution is -2.13. The van der Waals surface area contributed by atoms with Crippen LogP contribution in [0.25, 0.3) is 11.3 Å². The van der Waals surface area contributed by atoms with Crippen molar-refractivity contribution in [2.24, 2.45) is 0 Å². The van der Waals surface area contributed by atoms with E-state index in [2.05, 4.69) is 15.3 Å². The molecule has 7 heteroatoms. The standard InChI is InChI=1S/C18H15N3O3S/c1-25(23,24)17-9-8-14(12-20-17)18(22)21-15-6-4-5-13(11-15)16-7-2-3-10-19-16/h2-12H,1H3,(H,21,22). The lowest BCUT2D eigenvalue weighted by Gasteiger charge is -2.07. The first-order chi connectivity index (χ1) is 11.9. The number of benzene rings is 1. The van der Waals surface area contributed by atoms with E-state index in [1.54, 1.807) is 12.3 Å². The van der Waals surface area contributed by atoms with Gasteiger partial charge >= 0.3 is 0 Å². The summed E-state index contributed by atoms with van der Waals surface area (Å²) >= 11 is 0. The average molecular weight is 353 g/mol. The summed E-state index contributed by atoms with van der Waals surface area (Å²) in [6.45, 7) is 0. The van der Waals surface area contributed by atoms with Crippen molar-refractivity contribution in [1.29, 1.82) is 0 Å². The second-order valence-corrected chi connectivity index (χ2v) is 7.37. The Morgan fingerprint density at radius 1 is 1.00 bits per heavy atom. The molecule has 0 spiro atoms. The predicted octanol–water partition coefficient (Wildman–Crippen LogP) is 2.80. The minimum atomic E-state index is -3.39. The van der Waals surface area contributed by atoms with Crippen LogP contribution in [0.3, 0.4) is 0 Å². The van der Waals surface area contributed by atoms with Crippen molar-refractivity contribution in [3.05, 3.63) is 72.6 Å². The molecule has 1 aromatic carbocycles. The Morgan fingerprint density at radius 3 is 2.48 bits per heavy atom. The van der Waals surface area contributed by atoms with E-state index in [-0.39, 0.29) is 16.5 Å². The highest BCUT2D eigenvalue weighted by molar-refractivity contribution is 7.90. The number of rotatable bonds is 4. The number of amides is 1. The first-order valence-corrected chi connectivity index (χ1v) is 9.31. The number of sulfone groups is 1. The van der Waals surface area contributed by atoms with E-state index in [0.717, 1.165) is 17.5 Å². The second-order valence-electron chi connectivity index (χ2n) is 5.41. The molecule has 0 saturated heterocycles. The van der Waals surface area contributed by atoms with Gasteiger partial charge in [0.05, 0.1) is 11.3 Å². The van der Waals surface area contributed by atoms with Gasteiger partial charge in [-0.1, -0.05) is 18.2 Å². The zero-order chi connectivity index (χ0) is 17.9. The Balaban J connectivity index is 1.79. The van der Waals surface area contributed by atoms with Crippen LogP contribution in [0.5, 0.6) is 0 Å². The third kappa shape index (κ3) is 4.07. The molecular weight excluding hydrogens is 338 g/mol. The van der Waals surface area contributed by atoms with Crippen molar-refractivity contribution in [2.75, 3.05) is 11.6 Å². The third-order valence-corrected chi connectivity index (χ3v) is 4.46. The normalized spacial score (nSPS) is 11.1. The number of nitrogens with one attached hydrogen (secondary N) is 1. The van der Waals surface area contributed by atoms with Crippen molar-refractivity contribution < 1.29 is 13.2 Å². The number of pyridine rings is 2. The minimum Gasteiger partial charge on any atom is -0.322 e. The molecule has 6 nitrogen and oxygen atoms in total. The monoisotopic (exact) mass is 353 g/mol. The van der Waals surface area contributed by atoms with Gasteiger partial charge in [0.25, 0.3) is 5.91 Å². The van der Waals surface area contributed by atoms with Crippen LogP contribution < -0.4 is 5.32 Å². The number of hydrogen-bond acceptors (Lipinski definition) is 5. The summed E-state index contributed by atoms with van der Waals surface area (Å²) in [5, 5.41) is 2.70. The van der Waals surface area contributed by atoms with E-state index < -0.39 is 9.84 Å². The smallest absolute Gasteiger partial charge is 0.257 e. The summed E-state index contributed by atoms with van der Waals surface area (Å²) in [6.07, 6.45) is 4.02. The van der Waals surface area contributed by atoms with Crippen LogP contribution in [0.4, 0.5) is 5.69 Å². The van der Waals surface area contributed by atoms with Crippen LogP contribution in [-0.4, -0.2) is 30.5 Å². The average Bonchev–Trinajstić information content (AvgIpc) is 2.62. The van der Waals surface area contributed by atoms with Gasteiger partial charge in [0.15, 0.2) is 14.9 Å². The summed E-state index contributed by atoms with van der Waals surface area (Å²) in [4.78, 5) is 20.4. The van der Waals surface area contributed by atoms with Gasteiger partial charge in [0.1, 0.15) is 0 Å². The Bertz CT molecular complexity index is 1000. The number of aromatic nitrogens is 2. The topological polar surface area (TPSA) is 89.0 Å². The number of carbonyl (C=O) groups is 1. The van der Waals surface area contributed by atoms with Gasteiger partial charge in [0.2, 0.25) is 0 Å². The van der Waals surface area contributed by atoms with Gasteiger partial charge < -0.3 is 5.32 Å². The molecule has 2 aromatic heterocycles. The van der Waals surface area contributed by atoms with Crippen molar-refractivity contribution in [2.45, 2.75) is 5.03 Å². The van der Waals surface area contributed by atoms with Crippen LogP contribution in [0, 0.1) is 0 Å². The van der Waals surface area contributed by atoms with Crippen LogP contribution in [-0.2, 0) is 9.84 Å². The van der Waals surface area contributed by atoms with Gasteiger partial charge in [-0.05, 0) is 36.4 Å². The molecule has 25 heavy (non-hydrogen) atoms. The molecule has 0 radical (unpaired) electrons. The van der Waals surface area contributed by atoms with Gasteiger partial charge in [-0.3, -0.25) is 9.78 Å². The van der Waals surface area contributed by atoms with E-state index >= 15 is 0 Å². The number of anilines is 1. The Labute approximate surface area is 145 Å². The summed E-state index contributed by atoms with van der Waals surface area (Å²) in [6, 6.07) is 15.7. The molecule has 126 valence electrons. The maximum atomic E-state index is 12.3. The molecule has 0 unspecified atom stereocenters. The number of nitrogens with zero attached hydrogens (tertiary/aromatic N) is 2. The van der Waals surface area contributed by atoms with Crippen LogP contribution in [0.15, 0.2) is 72.0 Å². The third-order valence-electron chi connectivity index (χ3n) is 3.46. The fourth-order valence-corrected chi connectivity index (χ4v) is 2.79. The van der Waals surface area contributed by atoms with E-state index in [9.17, 15) is 13.2 Å². The van der Waals surface area contributed by atoms with Crippen LogP contribution >= 0.6 is 0 Å². The molecule has 2 heterocycles. The molecule has 0 aliphatic carbocycles. The van der Waals surface area contributed by atoms with Crippen LogP contribution in [0.1, 0.15) is 10.4 Å². The highest BCUT2D eigenvalue weighted by Gasteiger charge is 2.12. The zero-order valence-electron chi connectivity index (χ0n) is 13.4. The molecule has 1 N–H and O–H groups in total. The fourth-order valence-electron chi connectivity index (χ4n) is 2.23. The van der Waals surface area contributed by atoms with Crippen molar-refractivity contribution in [1.82, 2.24) is 9.97 Å². The van der Waals surface area contributed by atoms with Gasteiger partial charge in [0, 0.05) is 29.9 Å². The molecule has 0 aliphatic rings. The highest BCUT2D eigenvalue weighted by Crippen LogP contribution is 2.21. The molecular formula is C18H15N3O3S. The summed E-state index contributed by atoms with van der Waals surface area (Å²) in [5.74, 6) is -0.370. The number of hydrogen-bond donors (Lipinski definition) is 1. The highest BCUT2D eigenvalue weighted by atomic mass is 32.2. The Morgan fingerprint density at radius 2 is 1.84 bits per heavy atom. The van der Waals surface area contributed by atoms with Gasteiger partial charge in [-0.15, -0.1) is 0 Å². The maximum Gasteiger partial charge on any atom is 0.257 e. The quantitative estimate of drug-likeness (QED) is 0.779. The van der Waals surface area contributed by atoms with E-state index in [4.69, 9.17) is 0 Å². The molecule has 0 bridgehead atoms. The lowest BCUT2D eigenvalue weighted by atomic mass is 10.1. The van der Waals surface area contributed by atoms with Gasteiger partial charge in [-0.2, -0.15) is 0 Å². The van der Waals surface area contributed by atoms with Crippen molar-refractivity contribution >= 4 is 21.4 Å². The van der Waals surface area contributed by atoms with Crippen molar-refractivity contribution in [3.8, 4) is 11.3 Å². The molecule has 0 aliphatic heterocycles. The molecule has 3 rings (SSSR count). The molecule has 0 atom stereocenters. The molecule has 3 aromatic rings. The summed E-state index contributed by atoms with van der Waals surface area (Å²) < 4.78 is 22.8. The SMILES string of the molecule is CS(=O)(=O)c1ccc(C(=O)Nc2cccc(-c3ccccn3)c2)cn1. The van der Waals surface area contributed by atoms with E-state index in [1.165, 1.54) is 18.3 Å². The maximum absolute atomic E-state index is 12.3. The minimum absolute atomic E-state index is 0.0683. The lowest BCUT2D eigenvalue weighted by molar-refractivity contribution is 0.102. The predicted molar refractivity (Wildman–Crippen MR) is 95.0 cm³/mol. The van der Waals surface area contributed by atoms with Crippen molar-refractivity contribution in [3.63, 3.8) is 0 Å². The molecule has 0 saturated carbocycles. The van der Waals surface area contributed by atoms with Crippen LogP contribution in [0.2, 0.25) is 0 Å². The molecule has 1 amide bonds. The summed E-state index contributed by atoms with van der Waals surface area (Å²) in [7, 11) is -3.39. The fraction of sp³-hybridized carbons (Fsp3) is 0.0556. The summed E-state index contributed by atoms with van der Waals surface area (Å²) in [5.41, 5.74) is 2.57. The first-order valence-electron chi connectivity index (χ1n) is 7.42. The largest absolute Gasteiger partial charge is 0.322 e. The zero-order valence-corrected chi connectivity index (χ0v) is 14.2. The van der Waals surface area contributed by atoms with Gasteiger partial charge in [-0.25, -0.2) is 13.4 Å². The van der Waals surface area contributed by atoms with E-state index in [0.29, 0.717) is 5.69 Å². The second kappa shape index (κ2) is 6.82.